The second kappa shape index (κ2) is 6.76. The molecule has 2 heterocycles. The minimum atomic E-state index is 0.0772. The van der Waals surface area contributed by atoms with Crippen molar-refractivity contribution in [2.24, 2.45) is 0 Å². The van der Waals surface area contributed by atoms with Crippen LogP contribution in [0, 0.1) is 0 Å². The number of benzene rings is 1. The monoisotopic (exact) mass is 315 g/mol. The Morgan fingerprint density at radius 3 is 2.65 bits per heavy atom. The summed E-state index contributed by atoms with van der Waals surface area (Å²) in [5.74, 6) is 0.184. The fraction of sp³-hybridized carbons (Fsp3) is 0.500. The van der Waals surface area contributed by atoms with Crippen molar-refractivity contribution in [1.29, 1.82) is 0 Å². The van der Waals surface area contributed by atoms with Crippen LogP contribution in [-0.4, -0.2) is 62.8 Å². The van der Waals surface area contributed by atoms with Crippen LogP contribution in [0.5, 0.6) is 0 Å². The number of carbonyl (C=O) groups is 2. The van der Waals surface area contributed by atoms with Crippen LogP contribution in [0.3, 0.4) is 0 Å². The van der Waals surface area contributed by atoms with Gasteiger partial charge in [-0.15, -0.1) is 5.10 Å². The Bertz CT molecular complexity index is 711. The van der Waals surface area contributed by atoms with Crippen molar-refractivity contribution < 1.29 is 9.59 Å². The van der Waals surface area contributed by atoms with Crippen LogP contribution in [0.1, 0.15) is 19.8 Å². The highest BCUT2D eigenvalue weighted by atomic mass is 16.2. The van der Waals surface area contributed by atoms with Crippen LogP contribution < -0.4 is 0 Å². The Balaban J connectivity index is 1.58. The molecule has 2 amide bonds. The van der Waals surface area contributed by atoms with Crippen LogP contribution in [-0.2, 0) is 16.1 Å². The first kappa shape index (κ1) is 15.5. The second-order valence-corrected chi connectivity index (χ2v) is 5.79. The van der Waals surface area contributed by atoms with Gasteiger partial charge in [-0.2, -0.15) is 0 Å². The molecule has 2 aromatic rings. The second-order valence-electron chi connectivity index (χ2n) is 5.79. The summed E-state index contributed by atoms with van der Waals surface area (Å²) in [5.41, 5.74) is 1.78. The van der Waals surface area contributed by atoms with Crippen molar-refractivity contribution in [3.63, 3.8) is 0 Å². The number of fused-ring (bicyclic) bond motifs is 1. The Morgan fingerprint density at radius 2 is 1.83 bits per heavy atom. The van der Waals surface area contributed by atoms with E-state index in [1.54, 1.807) is 16.5 Å². The molecular weight excluding hydrogens is 294 g/mol. The van der Waals surface area contributed by atoms with Gasteiger partial charge in [0.15, 0.2) is 0 Å². The zero-order valence-corrected chi connectivity index (χ0v) is 13.3. The Labute approximate surface area is 134 Å². The van der Waals surface area contributed by atoms with E-state index < -0.39 is 0 Å². The van der Waals surface area contributed by atoms with Gasteiger partial charge in [-0.25, -0.2) is 4.68 Å². The van der Waals surface area contributed by atoms with Crippen LogP contribution in [0.25, 0.3) is 11.0 Å². The number of amides is 2. The number of rotatable bonds is 3. The number of hydrogen-bond acceptors (Lipinski definition) is 4. The van der Waals surface area contributed by atoms with E-state index in [4.69, 9.17) is 0 Å². The summed E-state index contributed by atoms with van der Waals surface area (Å²) in [6.45, 7) is 4.76. The highest BCUT2D eigenvalue weighted by Crippen LogP contribution is 2.11. The molecule has 7 nitrogen and oxygen atoms in total. The smallest absolute Gasteiger partial charge is 0.224 e. The largest absolute Gasteiger partial charge is 0.341 e. The molecule has 0 atom stereocenters. The molecule has 1 aromatic carbocycles. The fourth-order valence-electron chi connectivity index (χ4n) is 2.92. The van der Waals surface area contributed by atoms with E-state index in [9.17, 15) is 9.59 Å². The molecule has 122 valence electrons. The highest BCUT2D eigenvalue weighted by molar-refractivity contribution is 5.77. The van der Waals surface area contributed by atoms with Gasteiger partial charge >= 0.3 is 0 Å². The van der Waals surface area contributed by atoms with E-state index in [0.717, 1.165) is 24.0 Å². The molecule has 1 fully saturated rings. The molecule has 0 bridgehead atoms. The average Bonchev–Trinajstić information content (AvgIpc) is 2.79. The average molecular weight is 315 g/mol. The van der Waals surface area contributed by atoms with E-state index in [1.807, 2.05) is 29.2 Å². The Hall–Kier alpha value is -2.44. The predicted molar refractivity (Wildman–Crippen MR) is 85.6 cm³/mol. The quantitative estimate of drug-likeness (QED) is 0.844. The lowest BCUT2D eigenvalue weighted by Crippen LogP contribution is -2.36. The first-order valence-corrected chi connectivity index (χ1v) is 7.96. The maximum Gasteiger partial charge on any atom is 0.224 e. The summed E-state index contributed by atoms with van der Waals surface area (Å²) in [5, 5.41) is 8.21. The van der Waals surface area contributed by atoms with Gasteiger partial charge in [0.05, 0.1) is 12.1 Å². The van der Waals surface area contributed by atoms with Crippen LogP contribution in [0.2, 0.25) is 0 Å². The Morgan fingerprint density at radius 1 is 1.09 bits per heavy atom. The summed E-state index contributed by atoms with van der Waals surface area (Å²) in [6.07, 6.45) is 1.23. The molecule has 3 rings (SSSR count). The number of hydrogen-bond donors (Lipinski definition) is 0. The van der Waals surface area contributed by atoms with E-state index in [1.165, 1.54) is 0 Å². The van der Waals surface area contributed by atoms with Gasteiger partial charge in [0.25, 0.3) is 0 Å². The molecule has 0 aliphatic carbocycles. The lowest BCUT2D eigenvalue weighted by molar-refractivity contribution is -0.132. The molecule has 1 aliphatic rings. The summed E-state index contributed by atoms with van der Waals surface area (Å²) in [4.78, 5) is 27.5. The summed E-state index contributed by atoms with van der Waals surface area (Å²) in [6, 6.07) is 7.72. The molecule has 0 radical (unpaired) electrons. The van der Waals surface area contributed by atoms with E-state index in [-0.39, 0.29) is 11.8 Å². The van der Waals surface area contributed by atoms with E-state index >= 15 is 0 Å². The van der Waals surface area contributed by atoms with Crippen LogP contribution >= 0.6 is 0 Å². The molecule has 7 heteroatoms. The van der Waals surface area contributed by atoms with Gasteiger partial charge in [-0.05, 0) is 18.6 Å². The van der Waals surface area contributed by atoms with Gasteiger partial charge in [0, 0.05) is 39.5 Å². The zero-order valence-electron chi connectivity index (χ0n) is 13.3. The van der Waals surface area contributed by atoms with Crippen molar-refractivity contribution >= 4 is 22.8 Å². The Kier molecular flexibility index (Phi) is 4.55. The fourth-order valence-corrected chi connectivity index (χ4v) is 2.92. The number of carbonyl (C=O) groups excluding carboxylic acids is 2. The maximum absolute atomic E-state index is 12.4. The third-order valence-electron chi connectivity index (χ3n) is 4.25. The predicted octanol–water partition coefficient (Wildman–Crippen LogP) is 0.902. The van der Waals surface area contributed by atoms with Crippen molar-refractivity contribution in [3.8, 4) is 0 Å². The first-order valence-electron chi connectivity index (χ1n) is 7.96. The van der Waals surface area contributed by atoms with Crippen molar-refractivity contribution in [3.05, 3.63) is 24.3 Å². The molecule has 1 aromatic heterocycles. The zero-order chi connectivity index (χ0) is 16.2. The molecule has 0 unspecified atom stereocenters. The standard InChI is InChI=1S/C16H21N5O2/c1-13(22)19-8-4-9-20(12-11-19)16(23)7-10-21-15-6-3-2-5-14(15)17-18-21/h2-3,5-6H,4,7-12H2,1H3. The van der Waals surface area contributed by atoms with Crippen molar-refractivity contribution in [2.75, 3.05) is 26.2 Å². The summed E-state index contributed by atoms with van der Waals surface area (Å²) >= 11 is 0. The normalized spacial score (nSPS) is 15.7. The minimum absolute atomic E-state index is 0.0772. The van der Waals surface area contributed by atoms with Gasteiger partial charge in [-0.3, -0.25) is 9.59 Å². The van der Waals surface area contributed by atoms with E-state index in [0.29, 0.717) is 32.6 Å². The lowest BCUT2D eigenvalue weighted by atomic mass is 10.3. The van der Waals surface area contributed by atoms with Gasteiger partial charge in [-0.1, -0.05) is 17.3 Å². The molecule has 0 N–H and O–H groups in total. The number of aryl methyl sites for hydroxylation is 1. The molecule has 1 saturated heterocycles. The summed E-state index contributed by atoms with van der Waals surface area (Å²) < 4.78 is 1.77. The molecule has 1 aliphatic heterocycles. The molecule has 0 spiro atoms. The number of para-hydroxylation sites is 1. The SMILES string of the molecule is CC(=O)N1CCCN(C(=O)CCn2nnc3ccccc32)CC1. The molecule has 0 saturated carbocycles. The number of nitrogens with zero attached hydrogens (tertiary/aromatic N) is 5. The summed E-state index contributed by atoms with van der Waals surface area (Å²) in [7, 11) is 0. The van der Waals surface area contributed by atoms with E-state index in [2.05, 4.69) is 10.3 Å². The van der Waals surface area contributed by atoms with Crippen molar-refractivity contribution in [2.45, 2.75) is 26.3 Å². The van der Waals surface area contributed by atoms with Gasteiger partial charge < -0.3 is 9.80 Å². The molecular formula is C16H21N5O2. The third kappa shape index (κ3) is 3.49. The van der Waals surface area contributed by atoms with Gasteiger partial charge in [0.1, 0.15) is 5.52 Å². The highest BCUT2D eigenvalue weighted by Gasteiger charge is 2.20. The van der Waals surface area contributed by atoms with Crippen LogP contribution in [0.15, 0.2) is 24.3 Å². The topological polar surface area (TPSA) is 71.3 Å². The lowest BCUT2D eigenvalue weighted by Gasteiger charge is -2.21. The maximum atomic E-state index is 12.4. The number of aromatic nitrogens is 3. The van der Waals surface area contributed by atoms with Gasteiger partial charge in [0.2, 0.25) is 11.8 Å². The third-order valence-corrected chi connectivity index (χ3v) is 4.25. The minimum Gasteiger partial charge on any atom is -0.341 e. The van der Waals surface area contributed by atoms with Crippen molar-refractivity contribution in [1.82, 2.24) is 24.8 Å². The van der Waals surface area contributed by atoms with Crippen LogP contribution in [0.4, 0.5) is 0 Å². The first-order chi connectivity index (χ1) is 11.1. The molecule has 23 heavy (non-hydrogen) atoms.